The topological polar surface area (TPSA) is 45.7 Å². The molecule has 1 heterocycles. The maximum atomic E-state index is 8.27. The van der Waals surface area contributed by atoms with E-state index >= 15 is 0 Å². The Kier molecular flexibility index (Phi) is 2.49. The van der Waals surface area contributed by atoms with Crippen LogP contribution in [0.5, 0.6) is 0 Å². The van der Waals surface area contributed by atoms with Gasteiger partial charge in [0.2, 0.25) is 0 Å². The molecule has 0 bridgehead atoms. The van der Waals surface area contributed by atoms with Crippen LogP contribution in [-0.4, -0.2) is 10.9 Å². The van der Waals surface area contributed by atoms with Gasteiger partial charge < -0.3 is 9.62 Å². The third-order valence-corrected chi connectivity index (χ3v) is 1.19. The lowest BCUT2D eigenvalue weighted by Gasteiger charge is -1.83. The SMILES string of the molecule is C/C(C=Cc1ccco1)=N\O. The summed E-state index contributed by atoms with van der Waals surface area (Å²) in [5.74, 6) is 0.744. The molecule has 58 valence electrons. The standard InChI is InChI=1S/C8H9NO2/c1-7(9-10)4-5-8-3-2-6-11-8/h2-6,10H,1H3/b5-4?,9-7+. The van der Waals surface area contributed by atoms with Gasteiger partial charge in [-0.15, -0.1) is 0 Å². The minimum atomic E-state index is 0.543. The minimum Gasteiger partial charge on any atom is -0.465 e. The van der Waals surface area contributed by atoms with Gasteiger partial charge in [-0.05, 0) is 31.2 Å². The minimum absolute atomic E-state index is 0.543. The van der Waals surface area contributed by atoms with Crippen molar-refractivity contribution in [1.29, 1.82) is 0 Å². The van der Waals surface area contributed by atoms with Crippen molar-refractivity contribution in [2.75, 3.05) is 0 Å². The zero-order chi connectivity index (χ0) is 8.10. The molecule has 3 heteroatoms. The smallest absolute Gasteiger partial charge is 0.126 e. The Bertz CT molecular complexity index is 260. The zero-order valence-corrected chi connectivity index (χ0v) is 6.19. The quantitative estimate of drug-likeness (QED) is 0.400. The molecular weight excluding hydrogens is 142 g/mol. The molecule has 0 atom stereocenters. The highest BCUT2D eigenvalue weighted by Crippen LogP contribution is 2.01. The van der Waals surface area contributed by atoms with Crippen LogP contribution in [0, 0.1) is 0 Å². The van der Waals surface area contributed by atoms with Crippen LogP contribution in [0.2, 0.25) is 0 Å². The Morgan fingerprint density at radius 2 is 2.55 bits per heavy atom. The van der Waals surface area contributed by atoms with E-state index in [2.05, 4.69) is 5.16 Å². The highest BCUT2D eigenvalue weighted by Gasteiger charge is 1.87. The summed E-state index contributed by atoms with van der Waals surface area (Å²) in [6, 6.07) is 3.62. The molecule has 0 aliphatic heterocycles. The molecule has 0 spiro atoms. The molecule has 1 rings (SSSR count). The van der Waals surface area contributed by atoms with Crippen LogP contribution in [-0.2, 0) is 0 Å². The van der Waals surface area contributed by atoms with E-state index in [1.54, 1.807) is 31.4 Å². The van der Waals surface area contributed by atoms with Gasteiger partial charge in [0.1, 0.15) is 5.76 Å². The van der Waals surface area contributed by atoms with E-state index in [0.717, 1.165) is 5.76 Å². The highest BCUT2D eigenvalue weighted by molar-refractivity contribution is 5.95. The number of hydrogen-bond donors (Lipinski definition) is 1. The fourth-order valence-corrected chi connectivity index (χ4v) is 0.622. The largest absolute Gasteiger partial charge is 0.465 e. The number of rotatable bonds is 2. The molecule has 1 aromatic rings. The molecule has 0 fully saturated rings. The third kappa shape index (κ3) is 2.29. The van der Waals surface area contributed by atoms with Crippen molar-refractivity contribution in [3.05, 3.63) is 30.2 Å². The van der Waals surface area contributed by atoms with Gasteiger partial charge in [0.25, 0.3) is 0 Å². The van der Waals surface area contributed by atoms with Crippen LogP contribution in [0.15, 0.2) is 34.0 Å². The van der Waals surface area contributed by atoms with Gasteiger partial charge in [0.15, 0.2) is 0 Å². The van der Waals surface area contributed by atoms with E-state index in [4.69, 9.17) is 9.62 Å². The van der Waals surface area contributed by atoms with Crippen molar-refractivity contribution < 1.29 is 9.62 Å². The second kappa shape index (κ2) is 3.61. The Morgan fingerprint density at radius 3 is 3.09 bits per heavy atom. The summed E-state index contributed by atoms with van der Waals surface area (Å²) in [7, 11) is 0. The maximum absolute atomic E-state index is 8.27. The summed E-state index contributed by atoms with van der Waals surface area (Å²) in [4.78, 5) is 0. The van der Waals surface area contributed by atoms with Crippen LogP contribution >= 0.6 is 0 Å². The molecule has 0 unspecified atom stereocenters. The molecule has 0 amide bonds. The zero-order valence-electron chi connectivity index (χ0n) is 6.19. The van der Waals surface area contributed by atoms with Gasteiger partial charge in [-0.2, -0.15) is 0 Å². The number of hydrogen-bond acceptors (Lipinski definition) is 3. The summed E-state index contributed by atoms with van der Waals surface area (Å²) in [6.07, 6.45) is 4.99. The summed E-state index contributed by atoms with van der Waals surface area (Å²) < 4.78 is 5.00. The van der Waals surface area contributed by atoms with E-state index in [-0.39, 0.29) is 0 Å². The predicted molar refractivity (Wildman–Crippen MR) is 42.6 cm³/mol. The number of allylic oxidation sites excluding steroid dienone is 1. The first kappa shape index (κ1) is 7.60. The average molecular weight is 151 g/mol. The van der Waals surface area contributed by atoms with E-state index in [9.17, 15) is 0 Å². The average Bonchev–Trinajstić information content (AvgIpc) is 2.52. The first-order valence-electron chi connectivity index (χ1n) is 3.23. The van der Waals surface area contributed by atoms with Gasteiger partial charge in [-0.1, -0.05) is 5.16 Å². The molecule has 0 saturated carbocycles. The summed E-state index contributed by atoms with van der Waals surface area (Å²) in [6.45, 7) is 1.69. The molecule has 0 aliphatic rings. The predicted octanol–water partition coefficient (Wildman–Crippen LogP) is 2.14. The molecule has 1 N–H and O–H groups in total. The Morgan fingerprint density at radius 1 is 1.73 bits per heavy atom. The summed E-state index contributed by atoms with van der Waals surface area (Å²) in [5, 5.41) is 11.2. The number of nitrogens with zero attached hydrogens (tertiary/aromatic N) is 1. The Balaban J connectivity index is 2.63. The fourth-order valence-electron chi connectivity index (χ4n) is 0.622. The van der Waals surface area contributed by atoms with Gasteiger partial charge in [-0.3, -0.25) is 0 Å². The molecular formula is C8H9NO2. The van der Waals surface area contributed by atoms with Gasteiger partial charge in [-0.25, -0.2) is 0 Å². The molecule has 0 saturated heterocycles. The van der Waals surface area contributed by atoms with Crippen molar-refractivity contribution in [1.82, 2.24) is 0 Å². The lowest BCUT2D eigenvalue weighted by molar-refractivity contribution is 0.319. The van der Waals surface area contributed by atoms with Crippen LogP contribution in [0.25, 0.3) is 6.08 Å². The number of oxime groups is 1. The van der Waals surface area contributed by atoms with Crippen molar-refractivity contribution in [2.24, 2.45) is 5.16 Å². The van der Waals surface area contributed by atoms with Crippen LogP contribution in [0.1, 0.15) is 12.7 Å². The lowest BCUT2D eigenvalue weighted by Crippen LogP contribution is -1.81. The van der Waals surface area contributed by atoms with E-state index in [0.29, 0.717) is 5.71 Å². The van der Waals surface area contributed by atoms with Gasteiger partial charge >= 0.3 is 0 Å². The van der Waals surface area contributed by atoms with E-state index in [1.165, 1.54) is 0 Å². The summed E-state index contributed by atoms with van der Waals surface area (Å²) in [5.41, 5.74) is 0.543. The van der Waals surface area contributed by atoms with Gasteiger partial charge in [0.05, 0.1) is 12.0 Å². The van der Waals surface area contributed by atoms with Crippen LogP contribution in [0.3, 0.4) is 0 Å². The molecule has 0 aromatic carbocycles. The normalized spacial score (nSPS) is 12.6. The summed E-state index contributed by atoms with van der Waals surface area (Å²) >= 11 is 0. The van der Waals surface area contributed by atoms with Crippen molar-refractivity contribution in [3.8, 4) is 0 Å². The van der Waals surface area contributed by atoms with E-state index < -0.39 is 0 Å². The van der Waals surface area contributed by atoms with Crippen molar-refractivity contribution in [3.63, 3.8) is 0 Å². The molecule has 3 nitrogen and oxygen atoms in total. The van der Waals surface area contributed by atoms with E-state index in [1.807, 2.05) is 6.07 Å². The Labute approximate surface area is 64.6 Å². The Hall–Kier alpha value is -1.51. The van der Waals surface area contributed by atoms with Crippen LogP contribution in [0.4, 0.5) is 0 Å². The second-order valence-electron chi connectivity index (χ2n) is 2.09. The van der Waals surface area contributed by atoms with Crippen LogP contribution < -0.4 is 0 Å². The molecule has 0 aliphatic carbocycles. The maximum Gasteiger partial charge on any atom is 0.126 e. The third-order valence-electron chi connectivity index (χ3n) is 1.19. The highest BCUT2D eigenvalue weighted by atomic mass is 16.4. The first-order valence-corrected chi connectivity index (χ1v) is 3.23. The fraction of sp³-hybridized carbons (Fsp3) is 0.125. The second-order valence-corrected chi connectivity index (χ2v) is 2.09. The number of furan rings is 1. The molecule has 0 radical (unpaired) electrons. The van der Waals surface area contributed by atoms with Gasteiger partial charge in [0, 0.05) is 0 Å². The van der Waals surface area contributed by atoms with Crippen molar-refractivity contribution in [2.45, 2.75) is 6.92 Å². The molecule has 11 heavy (non-hydrogen) atoms. The lowest BCUT2D eigenvalue weighted by atomic mass is 10.3. The monoisotopic (exact) mass is 151 g/mol. The van der Waals surface area contributed by atoms with Crippen molar-refractivity contribution >= 4 is 11.8 Å². The first-order chi connectivity index (χ1) is 5.33. The molecule has 1 aromatic heterocycles.